The van der Waals surface area contributed by atoms with Crippen molar-refractivity contribution in [2.24, 2.45) is 0 Å². The van der Waals surface area contributed by atoms with Crippen molar-refractivity contribution < 1.29 is 19.1 Å². The molecule has 0 atom stereocenters. The van der Waals surface area contributed by atoms with Gasteiger partial charge < -0.3 is 9.52 Å². The second kappa shape index (κ2) is 3.53. The Kier molecular flexibility index (Phi) is 2.65. The second-order valence-electron chi connectivity index (χ2n) is 2.03. The van der Waals surface area contributed by atoms with Crippen molar-refractivity contribution >= 4 is 27.7 Å². The summed E-state index contributed by atoms with van der Waals surface area (Å²) in [6.45, 7) is 0. The van der Waals surface area contributed by atoms with Crippen LogP contribution in [-0.4, -0.2) is 22.2 Å². The van der Waals surface area contributed by atoms with Crippen LogP contribution in [0, 0.1) is 0 Å². The van der Waals surface area contributed by atoms with Gasteiger partial charge in [-0.05, 0) is 12.1 Å². The number of Topliss-reactive ketones (excluding diaryl/α,β-unsaturated/α-hetero) is 1. The van der Waals surface area contributed by atoms with Crippen LogP contribution in [0.1, 0.15) is 21.1 Å². The van der Waals surface area contributed by atoms with E-state index in [4.69, 9.17) is 9.52 Å². The lowest BCUT2D eigenvalue weighted by Gasteiger charge is -1.88. The van der Waals surface area contributed by atoms with Gasteiger partial charge in [0.05, 0.1) is 5.33 Å². The van der Waals surface area contributed by atoms with Gasteiger partial charge in [-0.3, -0.25) is 4.79 Å². The average Bonchev–Trinajstić information content (AvgIpc) is 2.51. The largest absolute Gasteiger partial charge is 0.475 e. The highest BCUT2D eigenvalue weighted by Gasteiger charge is 2.13. The van der Waals surface area contributed by atoms with Crippen LogP contribution in [0.4, 0.5) is 0 Å². The molecule has 0 amide bonds. The van der Waals surface area contributed by atoms with Gasteiger partial charge in [0.1, 0.15) is 0 Å². The maximum Gasteiger partial charge on any atom is 0.371 e. The standard InChI is InChI=1S/C7H5BrO4/c8-3-4(9)5-1-2-6(12-5)7(10)11/h1-2H,3H2,(H,10,11). The summed E-state index contributed by atoms with van der Waals surface area (Å²) in [5.41, 5.74) is 0. The van der Waals surface area contributed by atoms with Crippen LogP contribution in [0.2, 0.25) is 0 Å². The molecule has 1 heterocycles. The Balaban J connectivity index is 2.91. The van der Waals surface area contributed by atoms with Gasteiger partial charge in [0.25, 0.3) is 0 Å². The highest BCUT2D eigenvalue weighted by molar-refractivity contribution is 9.09. The first-order chi connectivity index (χ1) is 5.65. The molecule has 4 nitrogen and oxygen atoms in total. The van der Waals surface area contributed by atoms with Crippen molar-refractivity contribution in [2.45, 2.75) is 0 Å². The smallest absolute Gasteiger partial charge is 0.371 e. The summed E-state index contributed by atoms with van der Waals surface area (Å²) >= 11 is 2.94. The molecule has 0 fully saturated rings. The number of ketones is 1. The number of carboxylic acid groups (broad SMARTS) is 1. The van der Waals surface area contributed by atoms with Gasteiger partial charge in [-0.15, -0.1) is 0 Å². The van der Waals surface area contributed by atoms with E-state index >= 15 is 0 Å². The van der Waals surface area contributed by atoms with Gasteiger partial charge in [0, 0.05) is 0 Å². The zero-order valence-corrected chi connectivity index (χ0v) is 7.50. The first-order valence-corrected chi connectivity index (χ1v) is 4.19. The number of aromatic carboxylic acids is 1. The predicted molar refractivity (Wildman–Crippen MR) is 43.8 cm³/mol. The van der Waals surface area contributed by atoms with Crippen LogP contribution >= 0.6 is 15.9 Å². The fraction of sp³-hybridized carbons (Fsp3) is 0.143. The molecule has 1 rings (SSSR count). The number of furan rings is 1. The Morgan fingerprint density at radius 3 is 2.42 bits per heavy atom. The average molecular weight is 233 g/mol. The number of hydrogen-bond donors (Lipinski definition) is 1. The molecule has 0 radical (unpaired) electrons. The fourth-order valence-electron chi connectivity index (χ4n) is 0.669. The lowest BCUT2D eigenvalue weighted by atomic mass is 10.3. The van der Waals surface area contributed by atoms with E-state index in [2.05, 4.69) is 15.9 Å². The SMILES string of the molecule is O=C(O)c1ccc(C(=O)CBr)o1. The molecule has 1 aromatic rings. The third kappa shape index (κ3) is 1.73. The van der Waals surface area contributed by atoms with Crippen molar-refractivity contribution in [3.8, 4) is 0 Å². The molecule has 0 bridgehead atoms. The highest BCUT2D eigenvalue weighted by atomic mass is 79.9. The maximum atomic E-state index is 10.9. The number of halogens is 1. The van der Waals surface area contributed by atoms with Gasteiger partial charge in [-0.25, -0.2) is 4.79 Å². The summed E-state index contributed by atoms with van der Waals surface area (Å²) < 4.78 is 4.72. The lowest BCUT2D eigenvalue weighted by Crippen LogP contribution is -1.98. The van der Waals surface area contributed by atoms with Crippen molar-refractivity contribution in [3.63, 3.8) is 0 Å². The van der Waals surface area contributed by atoms with E-state index in [1.807, 2.05) is 0 Å². The Morgan fingerprint density at radius 2 is 2.00 bits per heavy atom. The molecule has 5 heteroatoms. The number of alkyl halides is 1. The van der Waals surface area contributed by atoms with Crippen molar-refractivity contribution in [2.75, 3.05) is 5.33 Å². The number of hydrogen-bond acceptors (Lipinski definition) is 3. The van der Waals surface area contributed by atoms with Gasteiger partial charge in [0.15, 0.2) is 5.76 Å². The molecular weight excluding hydrogens is 228 g/mol. The van der Waals surface area contributed by atoms with E-state index in [1.165, 1.54) is 12.1 Å². The minimum absolute atomic E-state index is 0.0595. The van der Waals surface area contributed by atoms with E-state index < -0.39 is 5.97 Å². The van der Waals surface area contributed by atoms with Crippen LogP contribution < -0.4 is 0 Å². The van der Waals surface area contributed by atoms with E-state index in [0.717, 1.165) is 0 Å². The minimum Gasteiger partial charge on any atom is -0.475 e. The summed E-state index contributed by atoms with van der Waals surface area (Å²) in [5, 5.41) is 8.56. The summed E-state index contributed by atoms with van der Waals surface area (Å²) in [7, 11) is 0. The molecule has 0 saturated carbocycles. The Bertz CT molecular complexity index is 315. The van der Waals surface area contributed by atoms with Gasteiger partial charge in [-0.2, -0.15) is 0 Å². The van der Waals surface area contributed by atoms with Crippen LogP contribution in [0.15, 0.2) is 16.5 Å². The van der Waals surface area contributed by atoms with Crippen LogP contribution in [0.25, 0.3) is 0 Å². The third-order valence-electron chi connectivity index (χ3n) is 1.21. The quantitative estimate of drug-likeness (QED) is 0.635. The molecule has 0 aliphatic carbocycles. The molecule has 1 N–H and O–H groups in total. The Hall–Kier alpha value is -1.10. The molecule has 0 unspecified atom stereocenters. The molecule has 0 spiro atoms. The topological polar surface area (TPSA) is 67.5 Å². The van der Waals surface area contributed by atoms with Crippen LogP contribution in [0.5, 0.6) is 0 Å². The summed E-state index contributed by atoms with van der Waals surface area (Å²) in [6, 6.07) is 2.59. The maximum absolute atomic E-state index is 10.9. The van der Waals surface area contributed by atoms with E-state index in [-0.39, 0.29) is 22.6 Å². The van der Waals surface area contributed by atoms with E-state index in [9.17, 15) is 9.59 Å². The normalized spacial score (nSPS) is 9.75. The number of carbonyl (C=O) groups excluding carboxylic acids is 1. The number of carboxylic acids is 1. The Morgan fingerprint density at radius 1 is 1.42 bits per heavy atom. The molecule has 0 aromatic carbocycles. The zero-order chi connectivity index (χ0) is 9.14. The van der Waals surface area contributed by atoms with Gasteiger partial charge >= 0.3 is 5.97 Å². The van der Waals surface area contributed by atoms with Crippen molar-refractivity contribution in [3.05, 3.63) is 23.7 Å². The molecule has 0 saturated heterocycles. The summed E-state index contributed by atoms with van der Waals surface area (Å²) in [5.74, 6) is -1.62. The van der Waals surface area contributed by atoms with Crippen molar-refractivity contribution in [1.82, 2.24) is 0 Å². The fourth-order valence-corrected chi connectivity index (χ4v) is 0.945. The number of rotatable bonds is 3. The summed E-state index contributed by atoms with van der Waals surface area (Å²) in [4.78, 5) is 21.2. The summed E-state index contributed by atoms with van der Waals surface area (Å²) in [6.07, 6.45) is 0. The molecule has 0 aliphatic rings. The highest BCUT2D eigenvalue weighted by Crippen LogP contribution is 2.09. The molecule has 1 aromatic heterocycles. The van der Waals surface area contributed by atoms with E-state index in [1.54, 1.807) is 0 Å². The predicted octanol–water partition coefficient (Wildman–Crippen LogP) is 1.56. The van der Waals surface area contributed by atoms with Crippen LogP contribution in [-0.2, 0) is 0 Å². The molecule has 0 aliphatic heterocycles. The van der Waals surface area contributed by atoms with Gasteiger partial charge in [-0.1, -0.05) is 15.9 Å². The van der Waals surface area contributed by atoms with E-state index in [0.29, 0.717) is 0 Å². The minimum atomic E-state index is -1.18. The molecule has 64 valence electrons. The Labute approximate surface area is 76.3 Å². The monoisotopic (exact) mass is 232 g/mol. The first-order valence-electron chi connectivity index (χ1n) is 3.07. The van der Waals surface area contributed by atoms with Crippen LogP contribution in [0.3, 0.4) is 0 Å². The van der Waals surface area contributed by atoms with Crippen molar-refractivity contribution in [1.29, 1.82) is 0 Å². The second-order valence-corrected chi connectivity index (χ2v) is 2.59. The molecular formula is C7H5BrO4. The third-order valence-corrected chi connectivity index (χ3v) is 1.72. The first kappa shape index (κ1) is 8.99. The zero-order valence-electron chi connectivity index (χ0n) is 5.91. The lowest BCUT2D eigenvalue weighted by molar-refractivity contribution is 0.0660. The molecule has 12 heavy (non-hydrogen) atoms. The number of carbonyl (C=O) groups is 2. The van der Waals surface area contributed by atoms with Gasteiger partial charge in [0.2, 0.25) is 11.5 Å².